The van der Waals surface area contributed by atoms with Gasteiger partial charge in [0, 0.05) is 16.3 Å². The number of allylic oxidation sites excluding steroid dienone is 1. The molecule has 132 valence electrons. The van der Waals surface area contributed by atoms with Gasteiger partial charge in [-0.15, -0.1) is 5.10 Å². The number of amides is 1. The summed E-state index contributed by atoms with van der Waals surface area (Å²) >= 11 is 6.07. The van der Waals surface area contributed by atoms with Crippen molar-refractivity contribution in [2.75, 3.05) is 5.32 Å². The fourth-order valence-electron chi connectivity index (χ4n) is 3.08. The van der Waals surface area contributed by atoms with Crippen LogP contribution in [0, 0.1) is 6.92 Å². The molecule has 0 saturated heterocycles. The Hall–Kier alpha value is -3.06. The molecule has 4 rings (SSSR count). The second-order valence-corrected chi connectivity index (χ2v) is 6.53. The zero-order valence-electron chi connectivity index (χ0n) is 14.2. The van der Waals surface area contributed by atoms with Crippen molar-refractivity contribution in [3.05, 3.63) is 64.2 Å². The summed E-state index contributed by atoms with van der Waals surface area (Å²) in [6.45, 7) is 3.62. The highest BCUT2D eigenvalue weighted by molar-refractivity contribution is 6.30. The number of hydrogen-bond donors (Lipinski definition) is 2. The van der Waals surface area contributed by atoms with Crippen LogP contribution in [0.2, 0.25) is 5.02 Å². The standard InChI is InChI=1S/C18H16ClN5O2/c1-9-6-7-13(26-9)15-14(16(20)25)10(2)21-18-22-17(23-24(15)18)11-4-3-5-12(19)8-11/h3-8,15H,1-2H3,(H2,20,25)(H,21,22,23)/t15-/m0/s1. The van der Waals surface area contributed by atoms with Crippen LogP contribution in [0.15, 0.2) is 52.1 Å². The number of rotatable bonds is 3. The fraction of sp³-hybridized carbons (Fsp3) is 0.167. The maximum absolute atomic E-state index is 12.1. The summed E-state index contributed by atoms with van der Waals surface area (Å²) in [6, 6.07) is 10.3. The minimum atomic E-state index is -0.585. The number of benzene rings is 1. The molecule has 26 heavy (non-hydrogen) atoms. The largest absolute Gasteiger partial charge is 0.464 e. The molecule has 0 aliphatic carbocycles. The normalized spacial score (nSPS) is 16.3. The lowest BCUT2D eigenvalue weighted by Gasteiger charge is -2.25. The zero-order chi connectivity index (χ0) is 18.4. The maximum atomic E-state index is 12.1. The van der Waals surface area contributed by atoms with Crippen LogP contribution in [-0.2, 0) is 4.79 Å². The number of aromatic nitrogens is 3. The second kappa shape index (κ2) is 6.03. The number of aryl methyl sites for hydroxylation is 1. The molecule has 1 aliphatic rings. The summed E-state index contributed by atoms with van der Waals surface area (Å²) in [5.74, 6) is 1.75. The molecule has 2 aromatic heterocycles. The molecule has 1 aromatic carbocycles. The van der Waals surface area contributed by atoms with Crippen molar-refractivity contribution < 1.29 is 9.21 Å². The molecule has 8 heteroatoms. The van der Waals surface area contributed by atoms with Gasteiger partial charge in [-0.05, 0) is 38.1 Å². The van der Waals surface area contributed by atoms with E-state index in [2.05, 4.69) is 15.4 Å². The average Bonchev–Trinajstić information content (AvgIpc) is 3.19. The van der Waals surface area contributed by atoms with E-state index < -0.39 is 11.9 Å². The van der Waals surface area contributed by atoms with Gasteiger partial charge in [0.25, 0.3) is 0 Å². The number of fused-ring (bicyclic) bond motifs is 1. The van der Waals surface area contributed by atoms with Crippen molar-refractivity contribution in [2.24, 2.45) is 5.73 Å². The Bertz CT molecular complexity index is 1050. The number of hydrogen-bond acceptors (Lipinski definition) is 5. The van der Waals surface area contributed by atoms with E-state index in [1.807, 2.05) is 31.2 Å². The van der Waals surface area contributed by atoms with Crippen molar-refractivity contribution in [3.63, 3.8) is 0 Å². The summed E-state index contributed by atoms with van der Waals surface area (Å²) in [5.41, 5.74) is 7.40. The Morgan fingerprint density at radius 3 is 2.77 bits per heavy atom. The van der Waals surface area contributed by atoms with Gasteiger partial charge in [-0.25, -0.2) is 4.68 Å². The minimum Gasteiger partial charge on any atom is -0.464 e. The van der Waals surface area contributed by atoms with Crippen LogP contribution in [0.1, 0.15) is 24.5 Å². The van der Waals surface area contributed by atoms with Gasteiger partial charge in [0.15, 0.2) is 5.82 Å². The molecule has 0 radical (unpaired) electrons. The summed E-state index contributed by atoms with van der Waals surface area (Å²) in [7, 11) is 0. The van der Waals surface area contributed by atoms with E-state index in [0.29, 0.717) is 33.8 Å². The predicted molar refractivity (Wildman–Crippen MR) is 97.6 cm³/mol. The summed E-state index contributed by atoms with van der Waals surface area (Å²) < 4.78 is 7.38. The molecule has 0 spiro atoms. The molecule has 3 heterocycles. The summed E-state index contributed by atoms with van der Waals surface area (Å²) in [6.07, 6.45) is 0. The third-order valence-corrected chi connectivity index (χ3v) is 4.47. The predicted octanol–water partition coefficient (Wildman–Crippen LogP) is 3.27. The van der Waals surface area contributed by atoms with Crippen LogP contribution in [0.5, 0.6) is 0 Å². The lowest BCUT2D eigenvalue weighted by atomic mass is 10.0. The lowest BCUT2D eigenvalue weighted by Crippen LogP contribution is -2.31. The van der Waals surface area contributed by atoms with Crippen molar-refractivity contribution in [3.8, 4) is 11.4 Å². The zero-order valence-corrected chi connectivity index (χ0v) is 14.9. The lowest BCUT2D eigenvalue weighted by molar-refractivity contribution is -0.115. The summed E-state index contributed by atoms with van der Waals surface area (Å²) in [4.78, 5) is 16.6. The first-order valence-electron chi connectivity index (χ1n) is 8.00. The molecule has 7 nitrogen and oxygen atoms in total. The first-order valence-corrected chi connectivity index (χ1v) is 8.38. The number of carbonyl (C=O) groups excluding carboxylic acids is 1. The number of primary amides is 1. The van der Waals surface area contributed by atoms with E-state index in [1.165, 1.54) is 0 Å². The average molecular weight is 370 g/mol. The van der Waals surface area contributed by atoms with Crippen LogP contribution in [0.25, 0.3) is 11.4 Å². The highest BCUT2D eigenvalue weighted by atomic mass is 35.5. The number of furan rings is 1. The Kier molecular flexibility index (Phi) is 3.81. The number of anilines is 1. The Labute approximate surface area is 154 Å². The monoisotopic (exact) mass is 369 g/mol. The van der Waals surface area contributed by atoms with Gasteiger partial charge in [-0.1, -0.05) is 23.7 Å². The van der Waals surface area contributed by atoms with Gasteiger partial charge < -0.3 is 15.5 Å². The molecule has 3 aromatic rings. The van der Waals surface area contributed by atoms with Crippen molar-refractivity contribution in [1.82, 2.24) is 14.8 Å². The maximum Gasteiger partial charge on any atom is 0.249 e. The minimum absolute atomic E-state index is 0.384. The summed E-state index contributed by atoms with van der Waals surface area (Å²) in [5, 5.41) is 8.27. The highest BCUT2D eigenvalue weighted by Gasteiger charge is 2.35. The third kappa shape index (κ3) is 2.66. The highest BCUT2D eigenvalue weighted by Crippen LogP contribution is 2.36. The van der Waals surface area contributed by atoms with Crippen LogP contribution < -0.4 is 11.1 Å². The van der Waals surface area contributed by atoms with Gasteiger partial charge >= 0.3 is 0 Å². The van der Waals surface area contributed by atoms with Crippen LogP contribution in [0.3, 0.4) is 0 Å². The molecule has 0 fully saturated rings. The van der Waals surface area contributed by atoms with Crippen molar-refractivity contribution in [1.29, 1.82) is 0 Å². The molecular formula is C18H16ClN5O2. The molecule has 3 N–H and O–H groups in total. The van der Waals surface area contributed by atoms with Crippen LogP contribution >= 0.6 is 11.6 Å². The van der Waals surface area contributed by atoms with Gasteiger partial charge in [0.2, 0.25) is 11.9 Å². The third-order valence-electron chi connectivity index (χ3n) is 4.23. The van der Waals surface area contributed by atoms with E-state index >= 15 is 0 Å². The van der Waals surface area contributed by atoms with Gasteiger partial charge in [0.1, 0.15) is 17.6 Å². The Balaban J connectivity index is 1.88. The van der Waals surface area contributed by atoms with Crippen molar-refractivity contribution in [2.45, 2.75) is 19.9 Å². The van der Waals surface area contributed by atoms with Crippen LogP contribution in [0.4, 0.5) is 5.95 Å². The quantitative estimate of drug-likeness (QED) is 0.738. The SMILES string of the molecule is CC1=C(C(N)=O)[C@H](c2ccc(C)o2)n2nc(-c3cccc(Cl)c3)nc2N1. The second-order valence-electron chi connectivity index (χ2n) is 6.09. The van der Waals surface area contributed by atoms with Gasteiger partial charge in [0.05, 0.1) is 5.57 Å². The topological polar surface area (TPSA) is 99.0 Å². The number of nitrogens with one attached hydrogen (secondary N) is 1. The van der Waals surface area contributed by atoms with Crippen LogP contribution in [-0.4, -0.2) is 20.7 Å². The molecule has 1 aliphatic heterocycles. The van der Waals surface area contributed by atoms with Gasteiger partial charge in [-0.3, -0.25) is 4.79 Å². The molecule has 0 unspecified atom stereocenters. The number of nitrogens with two attached hydrogens (primary N) is 1. The first kappa shape index (κ1) is 16.4. The smallest absolute Gasteiger partial charge is 0.249 e. The van der Waals surface area contributed by atoms with Gasteiger partial charge in [-0.2, -0.15) is 4.98 Å². The van der Waals surface area contributed by atoms with E-state index in [4.69, 9.17) is 21.8 Å². The van der Waals surface area contributed by atoms with E-state index in [9.17, 15) is 4.79 Å². The first-order chi connectivity index (χ1) is 12.4. The molecule has 1 amide bonds. The van der Waals surface area contributed by atoms with E-state index in [-0.39, 0.29) is 0 Å². The molecule has 1 atom stereocenters. The number of carbonyl (C=O) groups is 1. The number of nitrogens with zero attached hydrogens (tertiary/aromatic N) is 3. The van der Waals surface area contributed by atoms with E-state index in [1.54, 1.807) is 23.7 Å². The molecule has 0 bridgehead atoms. The Morgan fingerprint density at radius 1 is 1.31 bits per heavy atom. The van der Waals surface area contributed by atoms with Crippen molar-refractivity contribution >= 4 is 23.5 Å². The molecular weight excluding hydrogens is 354 g/mol. The van der Waals surface area contributed by atoms with E-state index in [0.717, 1.165) is 11.3 Å². The Morgan fingerprint density at radius 2 is 2.12 bits per heavy atom. The fourth-order valence-corrected chi connectivity index (χ4v) is 3.27. The number of halogens is 1. The molecule has 0 saturated carbocycles.